The van der Waals surface area contributed by atoms with Crippen molar-refractivity contribution in [2.45, 2.75) is 44.4 Å². The van der Waals surface area contributed by atoms with Gasteiger partial charge in [-0.1, -0.05) is 54.6 Å². The average Bonchev–Trinajstić information content (AvgIpc) is 3.37. The van der Waals surface area contributed by atoms with Crippen molar-refractivity contribution >= 4 is 29.0 Å². The van der Waals surface area contributed by atoms with E-state index in [-0.39, 0.29) is 12.1 Å². The Morgan fingerprint density at radius 1 is 0.921 bits per heavy atom. The van der Waals surface area contributed by atoms with Gasteiger partial charge in [0.15, 0.2) is 5.11 Å². The number of carbonyl (C=O) groups excluding carboxylic acids is 1. The lowest BCUT2D eigenvalue weighted by atomic mass is 9.94. The SMILES string of the molecule is O=C(NC[C@@H]1Cc2ccccc2CN1C(=S)NCC1CCCN1Cc1cccc(O)c1)Nc1ccccc1. The number of hydrogen-bond donors (Lipinski definition) is 4. The Morgan fingerprint density at radius 3 is 2.50 bits per heavy atom. The fourth-order valence-corrected chi connectivity index (χ4v) is 5.74. The Labute approximate surface area is 229 Å². The number of nitrogens with one attached hydrogen (secondary N) is 3. The minimum Gasteiger partial charge on any atom is -0.508 e. The van der Waals surface area contributed by atoms with Gasteiger partial charge in [-0.2, -0.15) is 0 Å². The number of nitrogens with zero attached hydrogens (tertiary/aromatic N) is 2. The standard InChI is InChI=1S/C30H35N5O2S/c36-28-14-6-8-22(16-28)20-34-15-7-13-26(34)18-32-30(38)35-21-24-10-5-4-9-23(24)17-27(35)19-31-29(37)33-25-11-2-1-3-12-25/h1-6,8-12,14,16,26-27,36H,7,13,15,17-21H2,(H,32,38)(H2,31,33,37)/t26?,27-/m0/s1. The number of amides is 2. The summed E-state index contributed by atoms with van der Waals surface area (Å²) in [5.41, 5.74) is 4.45. The Morgan fingerprint density at radius 2 is 1.68 bits per heavy atom. The van der Waals surface area contributed by atoms with Crippen LogP contribution in [0.1, 0.15) is 29.5 Å². The van der Waals surface area contributed by atoms with E-state index in [4.69, 9.17) is 12.2 Å². The molecule has 198 valence electrons. The third-order valence-corrected chi connectivity index (χ3v) is 7.81. The fourth-order valence-electron chi connectivity index (χ4n) is 5.45. The first-order valence-electron chi connectivity index (χ1n) is 13.3. The number of rotatable bonds is 7. The molecule has 0 saturated carbocycles. The van der Waals surface area contributed by atoms with Crippen LogP contribution in [0.5, 0.6) is 5.75 Å². The van der Waals surface area contributed by atoms with Gasteiger partial charge in [-0.05, 0) is 79.0 Å². The first-order chi connectivity index (χ1) is 18.5. The molecule has 7 nitrogen and oxygen atoms in total. The van der Waals surface area contributed by atoms with Gasteiger partial charge in [0.2, 0.25) is 0 Å². The first-order valence-corrected chi connectivity index (χ1v) is 13.7. The van der Waals surface area contributed by atoms with Gasteiger partial charge in [0, 0.05) is 37.9 Å². The van der Waals surface area contributed by atoms with E-state index in [1.54, 1.807) is 6.07 Å². The molecule has 4 N–H and O–H groups in total. The summed E-state index contributed by atoms with van der Waals surface area (Å²) in [4.78, 5) is 17.3. The van der Waals surface area contributed by atoms with Crippen molar-refractivity contribution in [1.29, 1.82) is 0 Å². The lowest BCUT2D eigenvalue weighted by Crippen LogP contribution is -2.54. The molecule has 0 aliphatic carbocycles. The number of urea groups is 1. The van der Waals surface area contributed by atoms with Crippen molar-refractivity contribution in [2.75, 3.05) is 25.0 Å². The molecule has 38 heavy (non-hydrogen) atoms. The van der Waals surface area contributed by atoms with Crippen molar-refractivity contribution in [3.05, 3.63) is 95.6 Å². The van der Waals surface area contributed by atoms with Crippen LogP contribution in [0, 0.1) is 0 Å². The molecule has 0 aromatic heterocycles. The highest BCUT2D eigenvalue weighted by Crippen LogP contribution is 2.24. The van der Waals surface area contributed by atoms with Crippen molar-refractivity contribution in [1.82, 2.24) is 20.4 Å². The summed E-state index contributed by atoms with van der Waals surface area (Å²) < 4.78 is 0. The zero-order chi connectivity index (χ0) is 26.3. The number of likely N-dealkylation sites (tertiary alicyclic amines) is 1. The average molecular weight is 530 g/mol. The molecular formula is C30H35N5O2S. The Kier molecular flexibility index (Phi) is 8.41. The number of phenolic OH excluding ortho intramolecular Hbond substituents is 1. The van der Waals surface area contributed by atoms with Gasteiger partial charge >= 0.3 is 6.03 Å². The molecule has 2 atom stereocenters. The van der Waals surface area contributed by atoms with Crippen LogP contribution < -0.4 is 16.0 Å². The number of carbonyl (C=O) groups is 1. The lowest BCUT2D eigenvalue weighted by Gasteiger charge is -2.39. The topological polar surface area (TPSA) is 79.9 Å². The van der Waals surface area contributed by atoms with E-state index in [0.29, 0.717) is 24.9 Å². The van der Waals surface area contributed by atoms with Crippen LogP contribution in [-0.4, -0.2) is 57.8 Å². The second-order valence-electron chi connectivity index (χ2n) is 10.1. The Hall–Kier alpha value is -3.62. The van der Waals surface area contributed by atoms with Crippen molar-refractivity contribution in [3.63, 3.8) is 0 Å². The predicted molar refractivity (Wildman–Crippen MR) is 155 cm³/mol. The van der Waals surface area contributed by atoms with Gasteiger partial charge in [0.25, 0.3) is 0 Å². The molecule has 2 aliphatic rings. The number of phenols is 1. The zero-order valence-electron chi connectivity index (χ0n) is 21.5. The van der Waals surface area contributed by atoms with Crippen LogP contribution in [0.3, 0.4) is 0 Å². The molecular weight excluding hydrogens is 494 g/mol. The molecule has 0 radical (unpaired) electrons. The monoisotopic (exact) mass is 529 g/mol. The Balaban J connectivity index is 1.20. The van der Waals surface area contributed by atoms with Crippen LogP contribution in [0.15, 0.2) is 78.9 Å². The van der Waals surface area contributed by atoms with Crippen LogP contribution in [0.2, 0.25) is 0 Å². The summed E-state index contributed by atoms with van der Waals surface area (Å²) in [6.45, 7) is 3.82. The van der Waals surface area contributed by atoms with E-state index in [1.807, 2.05) is 42.5 Å². The number of para-hydroxylation sites is 1. The molecule has 2 heterocycles. The molecule has 0 spiro atoms. The minimum absolute atomic E-state index is 0.0541. The van der Waals surface area contributed by atoms with Crippen molar-refractivity contribution in [2.24, 2.45) is 0 Å². The number of thiocarbonyl (C=S) groups is 1. The van der Waals surface area contributed by atoms with Crippen molar-refractivity contribution < 1.29 is 9.90 Å². The number of anilines is 1. The number of aromatic hydroxyl groups is 1. The molecule has 0 bridgehead atoms. The minimum atomic E-state index is -0.220. The van der Waals surface area contributed by atoms with E-state index in [2.05, 4.69) is 56.1 Å². The fraction of sp³-hybridized carbons (Fsp3) is 0.333. The zero-order valence-corrected chi connectivity index (χ0v) is 22.3. The van der Waals surface area contributed by atoms with E-state index in [0.717, 1.165) is 55.3 Å². The second-order valence-corrected chi connectivity index (χ2v) is 10.5. The second kappa shape index (κ2) is 12.3. The summed E-state index contributed by atoms with van der Waals surface area (Å²) in [6.07, 6.45) is 3.08. The maximum absolute atomic E-state index is 12.6. The van der Waals surface area contributed by atoms with Gasteiger partial charge in [-0.3, -0.25) is 4.90 Å². The van der Waals surface area contributed by atoms with E-state index in [9.17, 15) is 9.90 Å². The quantitative estimate of drug-likeness (QED) is 0.338. The molecule has 2 amide bonds. The van der Waals surface area contributed by atoms with Gasteiger partial charge in [0.1, 0.15) is 5.75 Å². The third-order valence-electron chi connectivity index (χ3n) is 7.43. The van der Waals surface area contributed by atoms with Gasteiger partial charge in [-0.15, -0.1) is 0 Å². The molecule has 1 fully saturated rings. The maximum Gasteiger partial charge on any atom is 0.319 e. The predicted octanol–water partition coefficient (Wildman–Crippen LogP) is 4.48. The highest BCUT2D eigenvalue weighted by atomic mass is 32.1. The van der Waals surface area contributed by atoms with E-state index < -0.39 is 0 Å². The highest BCUT2D eigenvalue weighted by molar-refractivity contribution is 7.80. The largest absolute Gasteiger partial charge is 0.508 e. The molecule has 3 aromatic rings. The van der Waals surface area contributed by atoms with Crippen LogP contribution in [-0.2, 0) is 19.5 Å². The van der Waals surface area contributed by atoms with Gasteiger partial charge in [-0.25, -0.2) is 4.79 Å². The summed E-state index contributed by atoms with van der Waals surface area (Å²) in [7, 11) is 0. The van der Waals surface area contributed by atoms with Gasteiger partial charge in [0.05, 0.1) is 6.04 Å². The smallest absolute Gasteiger partial charge is 0.319 e. The summed E-state index contributed by atoms with van der Waals surface area (Å²) in [6, 6.07) is 25.6. The third kappa shape index (κ3) is 6.62. The first kappa shape index (κ1) is 26.0. The van der Waals surface area contributed by atoms with Crippen LogP contribution in [0.25, 0.3) is 0 Å². The van der Waals surface area contributed by atoms with E-state index in [1.165, 1.54) is 11.1 Å². The maximum atomic E-state index is 12.6. The molecule has 8 heteroatoms. The molecule has 5 rings (SSSR count). The number of benzene rings is 3. The molecule has 3 aromatic carbocycles. The van der Waals surface area contributed by atoms with Crippen LogP contribution in [0.4, 0.5) is 10.5 Å². The summed E-state index contributed by atoms with van der Waals surface area (Å²) in [5.74, 6) is 0.306. The molecule has 1 unspecified atom stereocenters. The normalized spacial score (nSPS) is 19.0. The summed E-state index contributed by atoms with van der Waals surface area (Å²) in [5, 5.41) is 20.0. The molecule has 1 saturated heterocycles. The summed E-state index contributed by atoms with van der Waals surface area (Å²) >= 11 is 5.92. The van der Waals surface area contributed by atoms with E-state index >= 15 is 0 Å². The van der Waals surface area contributed by atoms with Crippen LogP contribution >= 0.6 is 12.2 Å². The molecule has 2 aliphatic heterocycles. The van der Waals surface area contributed by atoms with Gasteiger partial charge < -0.3 is 26.0 Å². The lowest BCUT2D eigenvalue weighted by molar-refractivity contribution is 0.232. The highest BCUT2D eigenvalue weighted by Gasteiger charge is 2.30. The number of hydrogen-bond acceptors (Lipinski definition) is 4. The number of fused-ring (bicyclic) bond motifs is 1. The van der Waals surface area contributed by atoms with Crippen molar-refractivity contribution in [3.8, 4) is 5.75 Å². The Bertz CT molecular complexity index is 1250.